The van der Waals surface area contributed by atoms with Gasteiger partial charge in [0.25, 0.3) is 0 Å². The van der Waals surface area contributed by atoms with Crippen LogP contribution in [0.4, 0.5) is 5.69 Å². The third kappa shape index (κ3) is 4.36. The van der Waals surface area contributed by atoms with Gasteiger partial charge in [-0.15, -0.1) is 6.58 Å². The summed E-state index contributed by atoms with van der Waals surface area (Å²) in [5.74, 6) is 0. The maximum Gasteiger partial charge on any atom is 0.0558 e. The number of anilines is 1. The van der Waals surface area contributed by atoms with Gasteiger partial charge in [0, 0.05) is 38.4 Å². The van der Waals surface area contributed by atoms with E-state index in [0.29, 0.717) is 6.54 Å². The highest BCUT2D eigenvalue weighted by Gasteiger charge is 2.11. The van der Waals surface area contributed by atoms with E-state index in [9.17, 15) is 0 Å². The molecule has 0 aliphatic carbocycles. The second kappa shape index (κ2) is 8.08. The maximum atomic E-state index is 9.07. The van der Waals surface area contributed by atoms with Gasteiger partial charge in [-0.2, -0.15) is 0 Å². The van der Waals surface area contributed by atoms with E-state index >= 15 is 0 Å². The van der Waals surface area contributed by atoms with Crippen molar-refractivity contribution in [3.63, 3.8) is 0 Å². The molecule has 2 rings (SSSR count). The first-order valence-corrected chi connectivity index (χ1v) is 7.61. The maximum absolute atomic E-state index is 9.07. The Balaban J connectivity index is 1.94. The minimum absolute atomic E-state index is 0.194. The topological polar surface area (TPSA) is 26.7 Å². The first kappa shape index (κ1) is 15.1. The molecule has 0 saturated carbocycles. The zero-order chi connectivity index (χ0) is 14.2. The van der Waals surface area contributed by atoms with Crippen LogP contribution in [-0.2, 0) is 6.54 Å². The predicted molar refractivity (Wildman–Crippen MR) is 85.1 cm³/mol. The molecule has 20 heavy (non-hydrogen) atoms. The highest BCUT2D eigenvalue weighted by atomic mass is 16.3. The Morgan fingerprint density at radius 3 is 2.45 bits per heavy atom. The second-order valence-corrected chi connectivity index (χ2v) is 5.46. The van der Waals surface area contributed by atoms with Gasteiger partial charge in [-0.05, 0) is 37.0 Å². The van der Waals surface area contributed by atoms with Gasteiger partial charge in [0.05, 0.1) is 6.61 Å². The van der Waals surface area contributed by atoms with Crippen LogP contribution in [0.15, 0.2) is 36.9 Å². The molecule has 1 aliphatic rings. The molecule has 0 radical (unpaired) electrons. The fraction of sp³-hybridized carbons (Fsp3) is 0.529. The minimum Gasteiger partial charge on any atom is -0.395 e. The van der Waals surface area contributed by atoms with Crippen molar-refractivity contribution in [3.05, 3.63) is 42.5 Å². The van der Waals surface area contributed by atoms with Crippen LogP contribution < -0.4 is 4.90 Å². The van der Waals surface area contributed by atoms with E-state index in [-0.39, 0.29) is 6.61 Å². The van der Waals surface area contributed by atoms with Crippen molar-refractivity contribution < 1.29 is 5.11 Å². The number of hydrogen-bond acceptors (Lipinski definition) is 3. The normalized spacial score (nSPS) is 15.6. The van der Waals surface area contributed by atoms with Gasteiger partial charge in [0.15, 0.2) is 0 Å². The standard InChI is InChI=1S/C17H26N2O/c1-2-10-18(13-14-20)15-16-6-8-17(9-7-16)19-11-4-3-5-12-19/h2,6-9,20H,1,3-5,10-15H2. The quantitative estimate of drug-likeness (QED) is 0.774. The minimum atomic E-state index is 0.194. The van der Waals surface area contributed by atoms with Crippen molar-refractivity contribution in [1.29, 1.82) is 0 Å². The smallest absolute Gasteiger partial charge is 0.0558 e. The summed E-state index contributed by atoms with van der Waals surface area (Å²) in [6.07, 6.45) is 5.88. The Morgan fingerprint density at radius 1 is 1.15 bits per heavy atom. The molecule has 1 saturated heterocycles. The zero-order valence-corrected chi connectivity index (χ0v) is 12.3. The molecule has 0 unspecified atom stereocenters. The third-order valence-corrected chi connectivity index (χ3v) is 3.87. The summed E-state index contributed by atoms with van der Waals surface area (Å²) in [6.45, 7) is 8.71. The van der Waals surface area contributed by atoms with Crippen LogP contribution in [0.5, 0.6) is 0 Å². The molecule has 110 valence electrons. The van der Waals surface area contributed by atoms with E-state index in [1.807, 2.05) is 6.08 Å². The summed E-state index contributed by atoms with van der Waals surface area (Å²) in [5.41, 5.74) is 2.63. The van der Waals surface area contributed by atoms with Crippen molar-refractivity contribution in [3.8, 4) is 0 Å². The fourth-order valence-electron chi connectivity index (χ4n) is 2.78. The van der Waals surface area contributed by atoms with Gasteiger partial charge in [0.1, 0.15) is 0 Å². The molecule has 0 bridgehead atoms. The van der Waals surface area contributed by atoms with E-state index in [2.05, 4.69) is 40.6 Å². The van der Waals surface area contributed by atoms with Gasteiger partial charge in [-0.3, -0.25) is 4.90 Å². The van der Waals surface area contributed by atoms with Crippen LogP contribution >= 0.6 is 0 Å². The third-order valence-electron chi connectivity index (χ3n) is 3.87. The largest absolute Gasteiger partial charge is 0.395 e. The molecule has 1 heterocycles. The average molecular weight is 274 g/mol. The van der Waals surface area contributed by atoms with E-state index in [0.717, 1.165) is 13.1 Å². The summed E-state index contributed by atoms with van der Waals surface area (Å²) < 4.78 is 0. The fourth-order valence-corrected chi connectivity index (χ4v) is 2.78. The monoisotopic (exact) mass is 274 g/mol. The van der Waals surface area contributed by atoms with Crippen molar-refractivity contribution in [2.75, 3.05) is 37.7 Å². The highest BCUT2D eigenvalue weighted by Crippen LogP contribution is 2.20. The van der Waals surface area contributed by atoms with Crippen molar-refractivity contribution in [1.82, 2.24) is 4.90 Å². The van der Waals surface area contributed by atoms with Gasteiger partial charge in [0.2, 0.25) is 0 Å². The molecule has 1 N–H and O–H groups in total. The van der Waals surface area contributed by atoms with Gasteiger partial charge < -0.3 is 10.0 Å². The number of rotatable bonds is 7. The molecule has 0 spiro atoms. The van der Waals surface area contributed by atoms with Crippen LogP contribution in [0.3, 0.4) is 0 Å². The van der Waals surface area contributed by atoms with Crippen molar-refractivity contribution in [2.24, 2.45) is 0 Å². The number of nitrogens with zero attached hydrogens (tertiary/aromatic N) is 2. The SMILES string of the molecule is C=CCN(CCO)Cc1ccc(N2CCCCC2)cc1. The number of hydrogen-bond donors (Lipinski definition) is 1. The first-order valence-electron chi connectivity index (χ1n) is 7.61. The van der Waals surface area contributed by atoms with Crippen molar-refractivity contribution in [2.45, 2.75) is 25.8 Å². The second-order valence-electron chi connectivity index (χ2n) is 5.46. The lowest BCUT2D eigenvalue weighted by molar-refractivity contribution is 0.203. The molecule has 1 aliphatic heterocycles. The Morgan fingerprint density at radius 2 is 1.85 bits per heavy atom. The molecule has 3 heteroatoms. The zero-order valence-electron chi connectivity index (χ0n) is 12.3. The first-order chi connectivity index (χ1) is 9.83. The highest BCUT2D eigenvalue weighted by molar-refractivity contribution is 5.47. The number of aliphatic hydroxyl groups excluding tert-OH is 1. The Bertz CT molecular complexity index is 396. The Kier molecular flexibility index (Phi) is 6.09. The van der Waals surface area contributed by atoms with Gasteiger partial charge in [-0.25, -0.2) is 0 Å². The lowest BCUT2D eigenvalue weighted by Gasteiger charge is -2.29. The molecule has 0 aromatic heterocycles. The van der Waals surface area contributed by atoms with E-state index in [1.54, 1.807) is 0 Å². The molecule has 1 fully saturated rings. The number of benzene rings is 1. The summed E-state index contributed by atoms with van der Waals surface area (Å²) >= 11 is 0. The summed E-state index contributed by atoms with van der Waals surface area (Å²) in [6, 6.07) is 8.87. The van der Waals surface area contributed by atoms with Crippen LogP contribution in [-0.4, -0.2) is 42.8 Å². The van der Waals surface area contributed by atoms with Crippen LogP contribution in [0, 0.1) is 0 Å². The summed E-state index contributed by atoms with van der Waals surface area (Å²) in [7, 11) is 0. The summed E-state index contributed by atoms with van der Waals surface area (Å²) in [4.78, 5) is 4.67. The molecular weight excluding hydrogens is 248 g/mol. The predicted octanol–water partition coefficient (Wildman–Crippen LogP) is 2.66. The molecule has 3 nitrogen and oxygen atoms in total. The van der Waals surface area contributed by atoms with Crippen LogP contribution in [0.2, 0.25) is 0 Å². The molecule has 1 aromatic rings. The summed E-state index contributed by atoms with van der Waals surface area (Å²) in [5, 5.41) is 9.07. The lowest BCUT2D eigenvalue weighted by atomic mass is 10.1. The molecule has 0 atom stereocenters. The Labute approximate surface area is 122 Å². The lowest BCUT2D eigenvalue weighted by Crippen LogP contribution is -2.29. The van der Waals surface area contributed by atoms with Gasteiger partial charge in [-0.1, -0.05) is 18.2 Å². The molecule has 1 aromatic carbocycles. The van der Waals surface area contributed by atoms with E-state index in [1.165, 1.54) is 43.6 Å². The molecule has 0 amide bonds. The molecular formula is C17H26N2O. The Hall–Kier alpha value is -1.32. The number of piperidine rings is 1. The number of aliphatic hydroxyl groups is 1. The van der Waals surface area contributed by atoms with Crippen LogP contribution in [0.25, 0.3) is 0 Å². The van der Waals surface area contributed by atoms with E-state index < -0.39 is 0 Å². The van der Waals surface area contributed by atoms with Gasteiger partial charge >= 0.3 is 0 Å². The van der Waals surface area contributed by atoms with Crippen LogP contribution in [0.1, 0.15) is 24.8 Å². The van der Waals surface area contributed by atoms with Crippen molar-refractivity contribution >= 4 is 5.69 Å². The van der Waals surface area contributed by atoms with E-state index in [4.69, 9.17) is 5.11 Å². The average Bonchev–Trinajstić information content (AvgIpc) is 2.49.